The summed E-state index contributed by atoms with van der Waals surface area (Å²) >= 11 is 0. The highest BCUT2D eigenvalue weighted by molar-refractivity contribution is 6.25. The maximum atomic E-state index is 12.5. The minimum Gasteiger partial charge on any atom is -0.322 e. The lowest BCUT2D eigenvalue weighted by Crippen LogP contribution is -2.18. The molecule has 0 spiro atoms. The maximum absolute atomic E-state index is 12.5. The van der Waals surface area contributed by atoms with Crippen LogP contribution in [0.2, 0.25) is 0 Å². The number of hydrogen-bond donors (Lipinski definition) is 1. The van der Waals surface area contributed by atoms with Gasteiger partial charge in [0.25, 0.3) is 11.6 Å². The fourth-order valence-corrected chi connectivity index (χ4v) is 2.76. The van der Waals surface area contributed by atoms with E-state index in [1.165, 1.54) is 37.3 Å². The van der Waals surface area contributed by atoms with Crippen LogP contribution in [0.3, 0.4) is 0 Å². The number of ketones is 1. The predicted molar refractivity (Wildman–Crippen MR) is 112 cm³/mol. The summed E-state index contributed by atoms with van der Waals surface area (Å²) in [6, 6.07) is 22.8. The number of nitro benzene ring substituents is 1. The van der Waals surface area contributed by atoms with E-state index in [1.54, 1.807) is 0 Å². The summed E-state index contributed by atoms with van der Waals surface area (Å²) in [5, 5.41) is 13.3. The van der Waals surface area contributed by atoms with Gasteiger partial charge in [-0.3, -0.25) is 19.7 Å². The summed E-state index contributed by atoms with van der Waals surface area (Å²) in [6.07, 6.45) is 1.53. The zero-order chi connectivity index (χ0) is 20.8. The average molecular weight is 386 g/mol. The van der Waals surface area contributed by atoms with Gasteiger partial charge in [0, 0.05) is 17.8 Å². The van der Waals surface area contributed by atoms with Crippen molar-refractivity contribution in [3.8, 4) is 11.1 Å². The van der Waals surface area contributed by atoms with Gasteiger partial charge in [0.1, 0.15) is 0 Å². The number of anilines is 1. The van der Waals surface area contributed by atoms with E-state index in [-0.39, 0.29) is 17.0 Å². The van der Waals surface area contributed by atoms with Crippen molar-refractivity contribution in [3.05, 3.63) is 100 Å². The van der Waals surface area contributed by atoms with Crippen LogP contribution in [-0.2, 0) is 9.59 Å². The first-order chi connectivity index (χ1) is 13.9. The quantitative estimate of drug-likeness (QED) is 0.215. The van der Waals surface area contributed by atoms with Crippen molar-refractivity contribution in [2.45, 2.75) is 6.92 Å². The van der Waals surface area contributed by atoms with E-state index in [4.69, 9.17) is 0 Å². The molecular formula is C23H18N2O4. The van der Waals surface area contributed by atoms with Crippen molar-refractivity contribution in [2.24, 2.45) is 0 Å². The van der Waals surface area contributed by atoms with E-state index in [9.17, 15) is 19.7 Å². The lowest BCUT2D eigenvalue weighted by Gasteiger charge is -2.07. The first kappa shape index (κ1) is 19.7. The highest BCUT2D eigenvalue weighted by Crippen LogP contribution is 2.21. The fourth-order valence-electron chi connectivity index (χ4n) is 2.76. The Morgan fingerprint density at radius 2 is 1.45 bits per heavy atom. The lowest BCUT2D eigenvalue weighted by molar-refractivity contribution is -0.384. The van der Waals surface area contributed by atoms with Crippen LogP contribution >= 0.6 is 0 Å². The van der Waals surface area contributed by atoms with Crippen molar-refractivity contribution >= 4 is 29.1 Å². The van der Waals surface area contributed by atoms with Crippen molar-refractivity contribution in [3.63, 3.8) is 0 Å². The van der Waals surface area contributed by atoms with Gasteiger partial charge < -0.3 is 5.32 Å². The molecule has 144 valence electrons. The van der Waals surface area contributed by atoms with E-state index >= 15 is 0 Å². The molecule has 0 heterocycles. The molecule has 3 rings (SSSR count). The fraction of sp³-hybridized carbons (Fsp3) is 0.0435. The molecule has 0 fully saturated rings. The molecule has 0 aliphatic heterocycles. The average Bonchev–Trinajstić information content (AvgIpc) is 2.73. The molecule has 0 unspecified atom stereocenters. The molecule has 6 heteroatoms. The van der Waals surface area contributed by atoms with Crippen LogP contribution in [0.15, 0.2) is 84.4 Å². The molecule has 0 saturated heterocycles. The van der Waals surface area contributed by atoms with Gasteiger partial charge in [0.15, 0.2) is 5.78 Å². The lowest BCUT2D eigenvalue weighted by atomic mass is 10.0. The Hall–Kier alpha value is -4.06. The second-order valence-electron chi connectivity index (χ2n) is 6.36. The number of Topliss-reactive ketones (excluding diaryl/α,β-unsaturated/α-hetero) is 1. The van der Waals surface area contributed by atoms with Crippen LogP contribution < -0.4 is 5.32 Å². The Morgan fingerprint density at radius 3 is 2.00 bits per heavy atom. The van der Waals surface area contributed by atoms with Crippen LogP contribution in [0.25, 0.3) is 17.2 Å². The zero-order valence-corrected chi connectivity index (χ0v) is 15.7. The SMILES string of the molecule is CC(=O)/C(=C\c1ccc(-c2ccccc2)cc1)C(=O)Nc1ccc([N+](=O)[O-])cc1. The molecule has 0 aliphatic carbocycles. The van der Waals surface area contributed by atoms with Gasteiger partial charge in [-0.15, -0.1) is 0 Å². The van der Waals surface area contributed by atoms with Crippen LogP contribution in [-0.4, -0.2) is 16.6 Å². The molecule has 1 amide bonds. The summed E-state index contributed by atoms with van der Waals surface area (Å²) in [4.78, 5) is 34.7. The Labute approximate surface area is 167 Å². The molecular weight excluding hydrogens is 368 g/mol. The normalized spacial score (nSPS) is 11.0. The molecule has 6 nitrogen and oxygen atoms in total. The Bertz CT molecular complexity index is 1070. The number of carbonyl (C=O) groups excluding carboxylic acids is 2. The van der Waals surface area contributed by atoms with Gasteiger partial charge in [-0.2, -0.15) is 0 Å². The minimum atomic E-state index is -0.571. The first-order valence-corrected chi connectivity index (χ1v) is 8.88. The van der Waals surface area contributed by atoms with Crippen molar-refractivity contribution < 1.29 is 14.5 Å². The molecule has 0 saturated carbocycles. The smallest absolute Gasteiger partial charge is 0.269 e. The topological polar surface area (TPSA) is 89.3 Å². The number of rotatable bonds is 6. The van der Waals surface area contributed by atoms with Crippen molar-refractivity contribution in [1.82, 2.24) is 0 Å². The number of non-ortho nitro benzene ring substituents is 1. The summed E-state index contributed by atoms with van der Waals surface area (Å²) in [7, 11) is 0. The second-order valence-corrected chi connectivity index (χ2v) is 6.36. The van der Waals surface area contributed by atoms with Gasteiger partial charge >= 0.3 is 0 Å². The molecule has 29 heavy (non-hydrogen) atoms. The number of carbonyl (C=O) groups is 2. The standard InChI is InChI=1S/C23H18N2O4/c1-16(26)22(23(27)24-20-11-13-21(14-12-20)25(28)29)15-17-7-9-19(10-8-17)18-5-3-2-4-6-18/h2-15H,1H3,(H,24,27)/b22-15+. The van der Waals surface area contributed by atoms with E-state index in [0.29, 0.717) is 11.3 Å². The van der Waals surface area contributed by atoms with Gasteiger partial charge in [-0.05, 0) is 41.8 Å². The van der Waals surface area contributed by atoms with Gasteiger partial charge in [0.2, 0.25) is 0 Å². The van der Waals surface area contributed by atoms with Gasteiger partial charge in [-0.1, -0.05) is 54.6 Å². The molecule has 0 atom stereocenters. The third-order valence-corrected chi connectivity index (χ3v) is 4.29. The second kappa shape index (κ2) is 8.75. The van der Waals surface area contributed by atoms with Crippen molar-refractivity contribution in [2.75, 3.05) is 5.32 Å². The predicted octanol–water partition coefficient (Wildman–Crippen LogP) is 4.87. The Balaban J connectivity index is 1.79. The summed E-state index contributed by atoms with van der Waals surface area (Å²) in [5.41, 5.74) is 3.11. The van der Waals surface area contributed by atoms with Gasteiger partial charge in [0.05, 0.1) is 10.5 Å². The molecule has 0 aromatic heterocycles. The Kier molecular flexibility index (Phi) is 5.94. The van der Waals surface area contributed by atoms with Gasteiger partial charge in [-0.25, -0.2) is 0 Å². The monoisotopic (exact) mass is 386 g/mol. The number of nitro groups is 1. The maximum Gasteiger partial charge on any atom is 0.269 e. The van der Waals surface area contributed by atoms with E-state index < -0.39 is 10.8 Å². The van der Waals surface area contributed by atoms with Crippen LogP contribution in [0, 0.1) is 10.1 Å². The number of nitrogens with one attached hydrogen (secondary N) is 1. The summed E-state index contributed by atoms with van der Waals surface area (Å²) in [5.74, 6) is -0.949. The van der Waals surface area contributed by atoms with E-state index in [2.05, 4.69) is 5.32 Å². The van der Waals surface area contributed by atoms with E-state index in [1.807, 2.05) is 54.6 Å². The third kappa shape index (κ3) is 5.01. The largest absolute Gasteiger partial charge is 0.322 e. The number of hydrogen-bond acceptors (Lipinski definition) is 4. The molecule has 1 N–H and O–H groups in total. The molecule has 3 aromatic carbocycles. The van der Waals surface area contributed by atoms with Crippen LogP contribution in [0.1, 0.15) is 12.5 Å². The Morgan fingerprint density at radius 1 is 0.862 bits per heavy atom. The third-order valence-electron chi connectivity index (χ3n) is 4.29. The summed E-state index contributed by atoms with van der Waals surface area (Å²) < 4.78 is 0. The van der Waals surface area contributed by atoms with Crippen molar-refractivity contribution in [1.29, 1.82) is 0 Å². The number of amides is 1. The van der Waals surface area contributed by atoms with Crippen LogP contribution in [0.5, 0.6) is 0 Å². The number of nitrogens with zero attached hydrogens (tertiary/aromatic N) is 1. The zero-order valence-electron chi connectivity index (χ0n) is 15.7. The first-order valence-electron chi connectivity index (χ1n) is 8.88. The summed E-state index contributed by atoms with van der Waals surface area (Å²) in [6.45, 7) is 1.32. The molecule has 0 radical (unpaired) electrons. The molecule has 0 aliphatic rings. The minimum absolute atomic E-state index is 0.00388. The molecule has 0 bridgehead atoms. The highest BCUT2D eigenvalue weighted by Gasteiger charge is 2.15. The molecule has 3 aromatic rings. The number of benzene rings is 3. The highest BCUT2D eigenvalue weighted by atomic mass is 16.6. The van der Waals surface area contributed by atoms with Crippen LogP contribution in [0.4, 0.5) is 11.4 Å². The van der Waals surface area contributed by atoms with E-state index in [0.717, 1.165) is 11.1 Å².